The van der Waals surface area contributed by atoms with Gasteiger partial charge in [-0.15, -0.1) is 0 Å². The van der Waals surface area contributed by atoms with E-state index in [0.29, 0.717) is 36.2 Å². The van der Waals surface area contributed by atoms with Crippen molar-refractivity contribution in [2.24, 2.45) is 5.41 Å². The van der Waals surface area contributed by atoms with Crippen LogP contribution >= 0.6 is 11.6 Å². The number of carbonyl (C=O) groups is 1. The summed E-state index contributed by atoms with van der Waals surface area (Å²) in [5.41, 5.74) is 2.28. The second-order valence-electron chi connectivity index (χ2n) is 7.68. The molecule has 0 aliphatic carbocycles. The predicted molar refractivity (Wildman–Crippen MR) is 101 cm³/mol. The third-order valence-corrected chi connectivity index (χ3v) is 5.02. The molecule has 1 atom stereocenters. The van der Waals surface area contributed by atoms with E-state index < -0.39 is 6.09 Å². The van der Waals surface area contributed by atoms with Crippen LogP contribution in [0.2, 0.25) is 5.15 Å². The zero-order chi connectivity index (χ0) is 18.9. The number of aromatic nitrogens is 1. The van der Waals surface area contributed by atoms with E-state index in [-0.39, 0.29) is 11.3 Å². The highest BCUT2D eigenvalue weighted by atomic mass is 35.5. The number of carboxylic acid groups (broad SMARTS) is 1. The van der Waals surface area contributed by atoms with Gasteiger partial charge in [-0.2, -0.15) is 0 Å². The number of pyridine rings is 1. The summed E-state index contributed by atoms with van der Waals surface area (Å²) in [5.74, 6) is 1.45. The maximum Gasteiger partial charge on any atom is 0.407 e. The van der Waals surface area contributed by atoms with Crippen LogP contribution in [0.3, 0.4) is 0 Å². The van der Waals surface area contributed by atoms with Gasteiger partial charge in [0.05, 0.1) is 6.20 Å². The Bertz CT molecular complexity index is 800. The first-order valence-electron chi connectivity index (χ1n) is 8.64. The zero-order valence-corrected chi connectivity index (χ0v) is 16.0. The first kappa shape index (κ1) is 18.5. The van der Waals surface area contributed by atoms with E-state index in [1.807, 2.05) is 12.1 Å². The standard InChI is InChI=1S/C20H23ClN2O3/c1-20(2,3)17-12-23(19(24)25)9-8-13-10-14(4-6-16(13)17)26-15-5-7-18(21)22-11-15/h4-7,10-11,17H,8-9,12H2,1-3H3,(H,24,25). The van der Waals surface area contributed by atoms with Gasteiger partial charge >= 0.3 is 6.09 Å². The van der Waals surface area contributed by atoms with Gasteiger partial charge < -0.3 is 14.7 Å². The third-order valence-electron chi connectivity index (χ3n) is 4.80. The van der Waals surface area contributed by atoms with Crippen molar-refractivity contribution in [2.75, 3.05) is 13.1 Å². The summed E-state index contributed by atoms with van der Waals surface area (Å²) in [6.45, 7) is 7.44. The Kier molecular flexibility index (Phi) is 5.10. The van der Waals surface area contributed by atoms with Crippen molar-refractivity contribution in [3.63, 3.8) is 0 Å². The molecule has 26 heavy (non-hydrogen) atoms. The molecular weight excluding hydrogens is 352 g/mol. The number of rotatable bonds is 2. The molecule has 0 radical (unpaired) electrons. The monoisotopic (exact) mass is 374 g/mol. The van der Waals surface area contributed by atoms with Gasteiger partial charge in [0.25, 0.3) is 0 Å². The SMILES string of the molecule is CC(C)(C)C1CN(C(=O)O)CCc2cc(Oc3ccc(Cl)nc3)ccc21. The molecule has 5 nitrogen and oxygen atoms in total. The van der Waals surface area contributed by atoms with E-state index in [2.05, 4.69) is 31.8 Å². The number of nitrogens with zero attached hydrogens (tertiary/aromatic N) is 2. The van der Waals surface area contributed by atoms with Gasteiger partial charge in [0, 0.05) is 19.0 Å². The van der Waals surface area contributed by atoms with Gasteiger partial charge in [-0.1, -0.05) is 38.4 Å². The van der Waals surface area contributed by atoms with Gasteiger partial charge in [0.1, 0.15) is 16.7 Å². The van der Waals surface area contributed by atoms with Crippen molar-refractivity contribution in [3.05, 3.63) is 52.8 Å². The van der Waals surface area contributed by atoms with Gasteiger partial charge in [-0.25, -0.2) is 9.78 Å². The molecule has 1 N–H and O–H groups in total. The topological polar surface area (TPSA) is 62.7 Å². The molecule has 1 aromatic carbocycles. The third kappa shape index (κ3) is 4.10. The van der Waals surface area contributed by atoms with Gasteiger partial charge in [0.15, 0.2) is 0 Å². The van der Waals surface area contributed by atoms with E-state index in [9.17, 15) is 9.90 Å². The number of hydrogen-bond donors (Lipinski definition) is 1. The first-order valence-corrected chi connectivity index (χ1v) is 9.02. The minimum absolute atomic E-state index is 0.0464. The Morgan fingerprint density at radius 2 is 2.00 bits per heavy atom. The summed E-state index contributed by atoms with van der Waals surface area (Å²) in [5, 5.41) is 9.90. The number of ether oxygens (including phenoxy) is 1. The quantitative estimate of drug-likeness (QED) is 0.734. The number of halogens is 1. The average molecular weight is 375 g/mol. The fourth-order valence-electron chi connectivity index (χ4n) is 3.34. The van der Waals surface area contributed by atoms with Crippen molar-refractivity contribution in [3.8, 4) is 11.5 Å². The lowest BCUT2D eigenvalue weighted by atomic mass is 9.75. The number of amides is 1. The number of hydrogen-bond acceptors (Lipinski definition) is 3. The molecule has 6 heteroatoms. The van der Waals surface area contributed by atoms with Gasteiger partial charge in [-0.05, 0) is 47.2 Å². The van der Waals surface area contributed by atoms with E-state index in [4.69, 9.17) is 16.3 Å². The van der Waals surface area contributed by atoms with Crippen LogP contribution in [0.15, 0.2) is 36.5 Å². The average Bonchev–Trinajstić information content (AvgIpc) is 2.76. The summed E-state index contributed by atoms with van der Waals surface area (Å²) >= 11 is 5.81. The summed E-state index contributed by atoms with van der Waals surface area (Å²) in [6.07, 6.45) is 1.39. The fourth-order valence-corrected chi connectivity index (χ4v) is 3.45. The van der Waals surface area contributed by atoms with Gasteiger partial charge in [-0.3, -0.25) is 0 Å². The molecule has 1 aliphatic rings. The molecule has 3 rings (SSSR count). The Hall–Kier alpha value is -2.27. The Morgan fingerprint density at radius 3 is 2.62 bits per heavy atom. The van der Waals surface area contributed by atoms with Crippen LogP contribution in [-0.2, 0) is 6.42 Å². The molecule has 2 heterocycles. The molecule has 2 aromatic rings. The molecular formula is C20H23ClN2O3. The van der Waals surface area contributed by atoms with Crippen LogP contribution in [0, 0.1) is 5.41 Å². The van der Waals surface area contributed by atoms with Crippen molar-refractivity contribution in [1.29, 1.82) is 0 Å². The van der Waals surface area contributed by atoms with E-state index in [1.165, 1.54) is 10.5 Å². The van der Waals surface area contributed by atoms with Crippen molar-refractivity contribution in [1.82, 2.24) is 9.88 Å². The molecule has 1 aromatic heterocycles. The van der Waals surface area contributed by atoms with Crippen LogP contribution in [0.25, 0.3) is 0 Å². The molecule has 0 bridgehead atoms. The fraction of sp³-hybridized carbons (Fsp3) is 0.400. The molecule has 0 saturated carbocycles. The van der Waals surface area contributed by atoms with Crippen molar-refractivity contribution in [2.45, 2.75) is 33.1 Å². The predicted octanol–water partition coefficient (Wildman–Crippen LogP) is 5.19. The second kappa shape index (κ2) is 7.16. The lowest BCUT2D eigenvalue weighted by molar-refractivity contribution is 0.135. The minimum atomic E-state index is -0.865. The van der Waals surface area contributed by atoms with Crippen LogP contribution in [-0.4, -0.2) is 34.2 Å². The molecule has 0 saturated heterocycles. The highest BCUT2D eigenvalue weighted by molar-refractivity contribution is 6.29. The molecule has 1 amide bonds. The van der Waals surface area contributed by atoms with E-state index >= 15 is 0 Å². The molecule has 1 unspecified atom stereocenters. The van der Waals surface area contributed by atoms with Crippen molar-refractivity contribution < 1.29 is 14.6 Å². The molecule has 0 fully saturated rings. The second-order valence-corrected chi connectivity index (χ2v) is 8.06. The molecule has 1 aliphatic heterocycles. The van der Waals surface area contributed by atoms with E-state index in [0.717, 1.165) is 5.56 Å². The molecule has 0 spiro atoms. The van der Waals surface area contributed by atoms with Crippen LogP contribution in [0.5, 0.6) is 11.5 Å². The normalized spacial score (nSPS) is 17.4. The number of benzene rings is 1. The molecule has 138 valence electrons. The maximum atomic E-state index is 11.5. The Morgan fingerprint density at radius 1 is 1.27 bits per heavy atom. The highest BCUT2D eigenvalue weighted by Gasteiger charge is 2.33. The van der Waals surface area contributed by atoms with Crippen molar-refractivity contribution >= 4 is 17.7 Å². The summed E-state index contributed by atoms with van der Waals surface area (Å²) in [7, 11) is 0. The number of fused-ring (bicyclic) bond motifs is 1. The Labute approximate surface area is 158 Å². The van der Waals surface area contributed by atoms with Crippen LogP contribution in [0.4, 0.5) is 4.79 Å². The van der Waals surface area contributed by atoms with Crippen LogP contribution < -0.4 is 4.74 Å². The summed E-state index contributed by atoms with van der Waals surface area (Å²) in [4.78, 5) is 17.1. The zero-order valence-electron chi connectivity index (χ0n) is 15.2. The largest absolute Gasteiger partial charge is 0.465 e. The summed E-state index contributed by atoms with van der Waals surface area (Å²) in [6, 6.07) is 9.46. The maximum absolute atomic E-state index is 11.5. The van der Waals surface area contributed by atoms with Crippen LogP contribution in [0.1, 0.15) is 37.8 Å². The Balaban J connectivity index is 1.92. The first-order chi connectivity index (χ1) is 12.2. The lowest BCUT2D eigenvalue weighted by Crippen LogP contribution is -2.36. The minimum Gasteiger partial charge on any atom is -0.465 e. The summed E-state index contributed by atoms with van der Waals surface area (Å²) < 4.78 is 5.88. The smallest absolute Gasteiger partial charge is 0.407 e. The lowest BCUT2D eigenvalue weighted by Gasteiger charge is -2.33. The van der Waals surface area contributed by atoms with Gasteiger partial charge in [0.2, 0.25) is 0 Å². The highest BCUT2D eigenvalue weighted by Crippen LogP contribution is 2.40. The van der Waals surface area contributed by atoms with E-state index in [1.54, 1.807) is 18.3 Å².